The van der Waals surface area contributed by atoms with Crippen LogP contribution in [0.4, 0.5) is 0 Å². The van der Waals surface area contributed by atoms with Crippen LogP contribution < -0.4 is 5.32 Å². The number of rotatable bonds is 4. The Labute approximate surface area is 109 Å². The van der Waals surface area contributed by atoms with Crippen LogP contribution in [0.2, 0.25) is 0 Å². The number of aromatic nitrogens is 2. The summed E-state index contributed by atoms with van der Waals surface area (Å²) in [4.78, 5) is 23.2. The zero-order valence-corrected chi connectivity index (χ0v) is 10.3. The first-order chi connectivity index (χ1) is 9.09. The minimum atomic E-state index is -1.11. The van der Waals surface area contributed by atoms with Gasteiger partial charge in [-0.15, -0.1) is 0 Å². The summed E-state index contributed by atoms with van der Waals surface area (Å²) in [5, 5.41) is 18.0. The van der Waals surface area contributed by atoms with Crippen molar-refractivity contribution in [3.8, 4) is 0 Å². The summed E-state index contributed by atoms with van der Waals surface area (Å²) >= 11 is 0. The second-order valence-electron chi connectivity index (χ2n) is 4.06. The number of aromatic amines is 1. The Morgan fingerprint density at radius 3 is 2.53 bits per heavy atom. The van der Waals surface area contributed by atoms with Crippen LogP contribution in [0, 0.1) is 6.92 Å². The van der Waals surface area contributed by atoms with Gasteiger partial charge in [-0.3, -0.25) is 9.89 Å². The topological polar surface area (TPSA) is 95.1 Å². The Morgan fingerprint density at radius 2 is 2.00 bits per heavy atom. The number of aliphatic carboxylic acids is 1. The van der Waals surface area contributed by atoms with Gasteiger partial charge in [0.2, 0.25) is 0 Å². The molecule has 1 aromatic heterocycles. The fourth-order valence-corrected chi connectivity index (χ4v) is 1.72. The number of aryl methyl sites for hydroxylation is 1. The molecule has 6 heteroatoms. The summed E-state index contributed by atoms with van der Waals surface area (Å²) in [7, 11) is 0. The number of hydrogen-bond acceptors (Lipinski definition) is 3. The van der Waals surface area contributed by atoms with Gasteiger partial charge in [-0.1, -0.05) is 30.3 Å². The molecule has 0 aliphatic carbocycles. The lowest BCUT2D eigenvalue weighted by molar-refractivity contribution is -0.139. The summed E-state index contributed by atoms with van der Waals surface area (Å²) < 4.78 is 0. The maximum atomic E-state index is 12.0. The van der Waals surface area contributed by atoms with Crippen LogP contribution in [0.3, 0.4) is 0 Å². The molecule has 1 unspecified atom stereocenters. The summed E-state index contributed by atoms with van der Waals surface area (Å²) in [6, 6.07) is 7.46. The van der Waals surface area contributed by atoms with Crippen LogP contribution in [0.15, 0.2) is 36.5 Å². The molecular formula is C13H13N3O3. The SMILES string of the molecule is Cc1[nH]ncc1C(=O)NC(C(=O)O)c1ccccc1. The number of nitrogens with one attached hydrogen (secondary N) is 2. The minimum absolute atomic E-state index is 0.335. The van der Waals surface area contributed by atoms with Crippen molar-refractivity contribution < 1.29 is 14.7 Å². The standard InChI is InChI=1S/C13H13N3O3/c1-8-10(7-14-16-8)12(17)15-11(13(18)19)9-5-3-2-4-6-9/h2-7,11H,1H3,(H,14,16)(H,15,17)(H,18,19). The van der Waals surface area contributed by atoms with Crippen LogP contribution in [-0.2, 0) is 4.79 Å². The van der Waals surface area contributed by atoms with Crippen molar-refractivity contribution in [2.75, 3.05) is 0 Å². The lowest BCUT2D eigenvalue weighted by Gasteiger charge is -2.14. The molecule has 0 saturated heterocycles. The van der Waals surface area contributed by atoms with E-state index >= 15 is 0 Å². The number of nitrogens with zero attached hydrogens (tertiary/aromatic N) is 1. The molecule has 6 nitrogen and oxygen atoms in total. The Hall–Kier alpha value is -2.63. The normalized spacial score (nSPS) is 11.8. The first-order valence-corrected chi connectivity index (χ1v) is 5.68. The maximum absolute atomic E-state index is 12.0. The third kappa shape index (κ3) is 2.79. The molecule has 2 aromatic rings. The number of H-pyrrole nitrogens is 1. The van der Waals surface area contributed by atoms with Crippen molar-refractivity contribution in [2.45, 2.75) is 13.0 Å². The predicted octanol–water partition coefficient (Wildman–Crippen LogP) is 1.27. The highest BCUT2D eigenvalue weighted by atomic mass is 16.4. The van der Waals surface area contributed by atoms with Gasteiger partial charge in [-0.2, -0.15) is 5.10 Å². The van der Waals surface area contributed by atoms with E-state index < -0.39 is 17.9 Å². The fourth-order valence-electron chi connectivity index (χ4n) is 1.72. The van der Waals surface area contributed by atoms with E-state index in [-0.39, 0.29) is 0 Å². The molecular weight excluding hydrogens is 246 g/mol. The van der Waals surface area contributed by atoms with E-state index in [9.17, 15) is 14.7 Å². The molecule has 1 heterocycles. The molecule has 2 rings (SSSR count). The third-order valence-electron chi connectivity index (χ3n) is 2.73. The molecule has 1 amide bonds. The fraction of sp³-hybridized carbons (Fsp3) is 0.154. The summed E-state index contributed by atoms with van der Waals surface area (Å²) in [6.07, 6.45) is 1.37. The van der Waals surface area contributed by atoms with E-state index in [4.69, 9.17) is 0 Å². The average molecular weight is 259 g/mol. The number of carboxylic acids is 1. The summed E-state index contributed by atoms with van der Waals surface area (Å²) in [6.45, 7) is 1.69. The van der Waals surface area contributed by atoms with Gasteiger partial charge in [-0.25, -0.2) is 4.79 Å². The maximum Gasteiger partial charge on any atom is 0.330 e. The van der Waals surface area contributed by atoms with Gasteiger partial charge >= 0.3 is 5.97 Å². The zero-order valence-electron chi connectivity index (χ0n) is 10.3. The highest BCUT2D eigenvalue weighted by Gasteiger charge is 2.23. The highest BCUT2D eigenvalue weighted by Crippen LogP contribution is 2.14. The molecule has 0 aliphatic rings. The molecule has 3 N–H and O–H groups in total. The molecule has 1 atom stereocenters. The Morgan fingerprint density at radius 1 is 1.32 bits per heavy atom. The van der Waals surface area contributed by atoms with Crippen molar-refractivity contribution in [3.63, 3.8) is 0 Å². The lowest BCUT2D eigenvalue weighted by Crippen LogP contribution is -2.33. The van der Waals surface area contributed by atoms with E-state index in [1.807, 2.05) is 0 Å². The average Bonchev–Trinajstić information content (AvgIpc) is 2.82. The predicted molar refractivity (Wildman–Crippen MR) is 67.6 cm³/mol. The van der Waals surface area contributed by atoms with Gasteiger partial charge in [0, 0.05) is 5.69 Å². The molecule has 0 saturated carbocycles. The second-order valence-corrected chi connectivity index (χ2v) is 4.06. The number of carboxylic acid groups (broad SMARTS) is 1. The Bertz CT molecular complexity index is 592. The molecule has 0 bridgehead atoms. The lowest BCUT2D eigenvalue weighted by atomic mass is 10.1. The highest BCUT2D eigenvalue weighted by molar-refractivity contribution is 5.97. The summed E-state index contributed by atoms with van der Waals surface area (Å²) in [5.74, 6) is -1.58. The molecule has 0 radical (unpaired) electrons. The summed E-state index contributed by atoms with van der Waals surface area (Å²) in [5.41, 5.74) is 1.45. The van der Waals surface area contributed by atoms with Crippen LogP contribution in [-0.4, -0.2) is 27.2 Å². The minimum Gasteiger partial charge on any atom is -0.479 e. The number of hydrogen-bond donors (Lipinski definition) is 3. The van der Waals surface area contributed by atoms with Crippen LogP contribution in [0.25, 0.3) is 0 Å². The van der Waals surface area contributed by atoms with Gasteiger partial charge in [0.1, 0.15) is 0 Å². The van der Waals surface area contributed by atoms with Crippen molar-refractivity contribution in [1.82, 2.24) is 15.5 Å². The van der Waals surface area contributed by atoms with Crippen molar-refractivity contribution in [3.05, 3.63) is 53.3 Å². The Balaban J connectivity index is 2.21. The van der Waals surface area contributed by atoms with Gasteiger partial charge in [0.15, 0.2) is 6.04 Å². The largest absolute Gasteiger partial charge is 0.479 e. The number of carbonyl (C=O) groups excluding carboxylic acids is 1. The molecule has 1 aromatic carbocycles. The van der Waals surface area contributed by atoms with Crippen LogP contribution >= 0.6 is 0 Å². The van der Waals surface area contributed by atoms with E-state index in [1.54, 1.807) is 37.3 Å². The quantitative estimate of drug-likeness (QED) is 0.770. The van der Waals surface area contributed by atoms with Crippen molar-refractivity contribution in [2.24, 2.45) is 0 Å². The van der Waals surface area contributed by atoms with Crippen molar-refractivity contribution in [1.29, 1.82) is 0 Å². The molecule has 0 aliphatic heterocycles. The molecule has 0 spiro atoms. The van der Waals surface area contributed by atoms with E-state index in [1.165, 1.54) is 6.20 Å². The molecule has 19 heavy (non-hydrogen) atoms. The first-order valence-electron chi connectivity index (χ1n) is 5.68. The Kier molecular flexibility index (Phi) is 3.61. The van der Waals surface area contributed by atoms with Gasteiger partial charge in [0.05, 0.1) is 11.8 Å². The molecule has 98 valence electrons. The van der Waals surface area contributed by atoms with Crippen LogP contribution in [0.5, 0.6) is 0 Å². The smallest absolute Gasteiger partial charge is 0.330 e. The number of amides is 1. The van der Waals surface area contributed by atoms with E-state index in [0.29, 0.717) is 16.8 Å². The van der Waals surface area contributed by atoms with Gasteiger partial charge in [-0.05, 0) is 12.5 Å². The van der Waals surface area contributed by atoms with Crippen molar-refractivity contribution >= 4 is 11.9 Å². The first kappa shape index (κ1) is 12.8. The third-order valence-corrected chi connectivity index (χ3v) is 2.73. The van der Waals surface area contributed by atoms with Gasteiger partial charge < -0.3 is 10.4 Å². The van der Waals surface area contributed by atoms with Crippen LogP contribution in [0.1, 0.15) is 27.7 Å². The number of carbonyl (C=O) groups is 2. The monoisotopic (exact) mass is 259 g/mol. The zero-order chi connectivity index (χ0) is 13.8. The van der Waals surface area contributed by atoms with E-state index in [0.717, 1.165) is 0 Å². The van der Waals surface area contributed by atoms with E-state index in [2.05, 4.69) is 15.5 Å². The molecule has 0 fully saturated rings. The second kappa shape index (κ2) is 5.34. The van der Waals surface area contributed by atoms with Gasteiger partial charge in [0.25, 0.3) is 5.91 Å². The number of benzene rings is 1.